The highest BCUT2D eigenvalue weighted by atomic mass is 15.5. The van der Waals surface area contributed by atoms with E-state index in [-0.39, 0.29) is 0 Å². The summed E-state index contributed by atoms with van der Waals surface area (Å²) in [6.45, 7) is 4.41. The number of nitrogens with zero attached hydrogens (tertiary/aromatic N) is 2. The third-order valence-corrected chi connectivity index (χ3v) is 2.12. The maximum absolute atomic E-state index is 4.18. The minimum Gasteiger partial charge on any atom is -0.297 e. The summed E-state index contributed by atoms with van der Waals surface area (Å²) in [5, 5.41) is 6.20. The van der Waals surface area contributed by atoms with Gasteiger partial charge in [-0.25, -0.2) is 0 Å². The number of rotatable bonds is 1. The van der Waals surface area contributed by atoms with Crippen LogP contribution < -0.4 is 0 Å². The SMILES string of the molecule is CCC1C=NN(C)C1C. The van der Waals surface area contributed by atoms with Gasteiger partial charge in [-0.3, -0.25) is 5.01 Å². The van der Waals surface area contributed by atoms with Gasteiger partial charge in [0.05, 0.1) is 6.04 Å². The highest BCUT2D eigenvalue weighted by Gasteiger charge is 2.21. The molecule has 0 aromatic rings. The summed E-state index contributed by atoms with van der Waals surface area (Å²) in [6.07, 6.45) is 3.25. The van der Waals surface area contributed by atoms with Gasteiger partial charge in [0.1, 0.15) is 0 Å². The Morgan fingerprint density at radius 3 is 2.56 bits per heavy atom. The predicted octanol–water partition coefficient (Wildman–Crippen LogP) is 1.33. The molecule has 0 aromatic heterocycles. The standard InChI is InChI=1S/C7H14N2/c1-4-7-5-8-9(3)6(7)2/h5-7H,4H2,1-3H3. The maximum Gasteiger partial charge on any atom is 0.0517 e. The summed E-state index contributed by atoms with van der Waals surface area (Å²) in [6, 6.07) is 0.606. The van der Waals surface area contributed by atoms with Crippen molar-refractivity contribution in [1.82, 2.24) is 5.01 Å². The molecule has 0 saturated heterocycles. The zero-order chi connectivity index (χ0) is 6.85. The monoisotopic (exact) mass is 126 g/mol. The second kappa shape index (κ2) is 2.38. The van der Waals surface area contributed by atoms with Gasteiger partial charge in [0, 0.05) is 19.2 Å². The molecule has 0 N–H and O–H groups in total. The molecule has 2 heteroatoms. The van der Waals surface area contributed by atoms with Crippen LogP contribution in [0.15, 0.2) is 5.10 Å². The summed E-state index contributed by atoms with van der Waals surface area (Å²) in [5.41, 5.74) is 0. The van der Waals surface area contributed by atoms with E-state index in [4.69, 9.17) is 0 Å². The van der Waals surface area contributed by atoms with Crippen LogP contribution in [0.5, 0.6) is 0 Å². The Hall–Kier alpha value is -0.530. The summed E-state index contributed by atoms with van der Waals surface area (Å²) in [5.74, 6) is 0.676. The topological polar surface area (TPSA) is 15.6 Å². The van der Waals surface area contributed by atoms with Gasteiger partial charge < -0.3 is 0 Å². The van der Waals surface area contributed by atoms with Crippen LogP contribution in [0.25, 0.3) is 0 Å². The molecule has 0 saturated carbocycles. The molecular weight excluding hydrogens is 112 g/mol. The van der Waals surface area contributed by atoms with Gasteiger partial charge in [-0.15, -0.1) is 0 Å². The largest absolute Gasteiger partial charge is 0.297 e. The van der Waals surface area contributed by atoms with Crippen molar-refractivity contribution in [2.75, 3.05) is 7.05 Å². The minimum atomic E-state index is 0.606. The van der Waals surface area contributed by atoms with Crippen LogP contribution in [0.4, 0.5) is 0 Å². The molecule has 1 aliphatic heterocycles. The second-order valence-corrected chi connectivity index (χ2v) is 2.65. The van der Waals surface area contributed by atoms with Gasteiger partial charge in [0.25, 0.3) is 0 Å². The molecule has 2 unspecified atom stereocenters. The molecule has 1 heterocycles. The highest BCUT2D eigenvalue weighted by molar-refractivity contribution is 5.63. The van der Waals surface area contributed by atoms with E-state index in [1.54, 1.807) is 0 Å². The van der Waals surface area contributed by atoms with Crippen LogP contribution in [0.1, 0.15) is 20.3 Å². The first-order chi connectivity index (χ1) is 4.25. The highest BCUT2D eigenvalue weighted by Crippen LogP contribution is 2.16. The average molecular weight is 126 g/mol. The number of hydrazone groups is 1. The van der Waals surface area contributed by atoms with Crippen molar-refractivity contribution in [3.05, 3.63) is 0 Å². The van der Waals surface area contributed by atoms with Gasteiger partial charge in [0.2, 0.25) is 0 Å². The Morgan fingerprint density at radius 1 is 1.67 bits per heavy atom. The van der Waals surface area contributed by atoms with Crippen molar-refractivity contribution in [3.63, 3.8) is 0 Å². The van der Waals surface area contributed by atoms with Gasteiger partial charge in [-0.2, -0.15) is 5.10 Å². The number of hydrogen-bond acceptors (Lipinski definition) is 2. The predicted molar refractivity (Wildman–Crippen MR) is 39.5 cm³/mol. The van der Waals surface area contributed by atoms with E-state index in [1.165, 1.54) is 6.42 Å². The third-order valence-electron chi connectivity index (χ3n) is 2.12. The first kappa shape index (κ1) is 6.59. The molecule has 0 radical (unpaired) electrons. The number of hydrogen-bond donors (Lipinski definition) is 0. The molecule has 0 aromatic carbocycles. The first-order valence-electron chi connectivity index (χ1n) is 3.52. The maximum atomic E-state index is 4.18. The Labute approximate surface area is 56.5 Å². The molecule has 1 rings (SSSR count). The summed E-state index contributed by atoms with van der Waals surface area (Å²) < 4.78 is 0. The molecule has 0 aliphatic carbocycles. The lowest BCUT2D eigenvalue weighted by Crippen LogP contribution is -2.25. The van der Waals surface area contributed by atoms with Crippen LogP contribution >= 0.6 is 0 Å². The molecule has 0 fully saturated rings. The van der Waals surface area contributed by atoms with Crippen molar-refractivity contribution in [2.24, 2.45) is 11.0 Å². The molecule has 2 nitrogen and oxygen atoms in total. The van der Waals surface area contributed by atoms with Crippen LogP contribution in [-0.4, -0.2) is 24.3 Å². The lowest BCUT2D eigenvalue weighted by molar-refractivity contribution is 0.262. The minimum absolute atomic E-state index is 0.606. The fourth-order valence-corrected chi connectivity index (χ4v) is 1.14. The van der Waals surface area contributed by atoms with Gasteiger partial charge in [0.15, 0.2) is 0 Å². The van der Waals surface area contributed by atoms with E-state index in [0.717, 1.165) is 0 Å². The first-order valence-corrected chi connectivity index (χ1v) is 3.52. The van der Waals surface area contributed by atoms with Crippen LogP contribution in [0.2, 0.25) is 0 Å². The summed E-state index contributed by atoms with van der Waals surface area (Å²) >= 11 is 0. The summed E-state index contributed by atoms with van der Waals surface area (Å²) in [7, 11) is 2.02. The zero-order valence-corrected chi connectivity index (χ0v) is 6.33. The van der Waals surface area contributed by atoms with Gasteiger partial charge in [-0.05, 0) is 13.3 Å². The Balaban J connectivity index is 2.51. The fourth-order valence-electron chi connectivity index (χ4n) is 1.14. The normalized spacial score (nSPS) is 33.9. The fraction of sp³-hybridized carbons (Fsp3) is 0.857. The van der Waals surface area contributed by atoms with Gasteiger partial charge in [-0.1, -0.05) is 6.92 Å². The van der Waals surface area contributed by atoms with E-state index < -0.39 is 0 Å². The molecule has 0 amide bonds. The molecule has 9 heavy (non-hydrogen) atoms. The van der Waals surface area contributed by atoms with E-state index in [0.29, 0.717) is 12.0 Å². The van der Waals surface area contributed by atoms with Crippen molar-refractivity contribution in [1.29, 1.82) is 0 Å². The van der Waals surface area contributed by atoms with E-state index in [9.17, 15) is 0 Å². The second-order valence-electron chi connectivity index (χ2n) is 2.65. The lowest BCUT2D eigenvalue weighted by Gasteiger charge is -2.18. The smallest absolute Gasteiger partial charge is 0.0517 e. The molecule has 52 valence electrons. The van der Waals surface area contributed by atoms with E-state index in [1.807, 2.05) is 18.3 Å². The third kappa shape index (κ3) is 1.07. The van der Waals surface area contributed by atoms with Crippen molar-refractivity contribution in [3.8, 4) is 0 Å². The molecular formula is C7H14N2. The van der Waals surface area contributed by atoms with Crippen LogP contribution in [0.3, 0.4) is 0 Å². The van der Waals surface area contributed by atoms with Crippen molar-refractivity contribution >= 4 is 6.21 Å². The Morgan fingerprint density at radius 2 is 2.33 bits per heavy atom. The lowest BCUT2D eigenvalue weighted by atomic mass is 10.0. The molecule has 0 bridgehead atoms. The molecule has 1 aliphatic rings. The summed E-state index contributed by atoms with van der Waals surface area (Å²) in [4.78, 5) is 0. The quantitative estimate of drug-likeness (QED) is 0.517. The van der Waals surface area contributed by atoms with Crippen LogP contribution in [0, 0.1) is 5.92 Å². The Bertz CT molecular complexity index is 120. The van der Waals surface area contributed by atoms with E-state index >= 15 is 0 Å². The van der Waals surface area contributed by atoms with Crippen molar-refractivity contribution < 1.29 is 0 Å². The Kier molecular flexibility index (Phi) is 1.74. The van der Waals surface area contributed by atoms with Gasteiger partial charge >= 0.3 is 0 Å². The molecule has 0 spiro atoms. The van der Waals surface area contributed by atoms with E-state index in [2.05, 4.69) is 18.9 Å². The molecule has 2 atom stereocenters. The van der Waals surface area contributed by atoms with Crippen LogP contribution in [-0.2, 0) is 0 Å². The average Bonchev–Trinajstić information content (AvgIpc) is 2.15. The van der Waals surface area contributed by atoms with Crippen molar-refractivity contribution in [2.45, 2.75) is 26.3 Å². The zero-order valence-electron chi connectivity index (χ0n) is 6.33.